The molecule has 57 heavy (non-hydrogen) atoms. The van der Waals surface area contributed by atoms with Gasteiger partial charge in [0, 0.05) is 46.3 Å². The van der Waals surface area contributed by atoms with Crippen LogP contribution < -0.4 is 4.90 Å². The van der Waals surface area contributed by atoms with E-state index in [1.54, 1.807) is 29.2 Å². The molecule has 2 aliphatic heterocycles. The topological polar surface area (TPSA) is 95.2 Å². The summed E-state index contributed by atoms with van der Waals surface area (Å²) in [6, 6.07) is 33.7. The Morgan fingerprint density at radius 2 is 1.35 bits per heavy atom. The summed E-state index contributed by atoms with van der Waals surface area (Å²) in [5, 5.41) is 1.24. The molecule has 5 aromatic rings. The number of nitrogens with one attached hydrogen (secondary N) is 1. The van der Waals surface area contributed by atoms with Crippen LogP contribution in [0.2, 0.25) is 0 Å². The average molecular weight is 893 g/mol. The van der Waals surface area contributed by atoms with Gasteiger partial charge in [-0.1, -0.05) is 103 Å². The van der Waals surface area contributed by atoms with Crippen LogP contribution in [0.25, 0.3) is 10.9 Å². The molecule has 0 bridgehead atoms. The first-order valence-corrected chi connectivity index (χ1v) is 20.0. The summed E-state index contributed by atoms with van der Waals surface area (Å²) in [7, 11) is 0. The number of carbonyl (C=O) groups is 3. The number of rotatable bonds is 10. The number of halogens is 4. The minimum atomic E-state index is -4.99. The lowest BCUT2D eigenvalue weighted by molar-refractivity contribution is -0.170. The number of likely N-dealkylation sites (tertiary alicyclic amines) is 2. The molecule has 2 saturated heterocycles. The predicted octanol–water partition coefficient (Wildman–Crippen LogP) is 10.1. The van der Waals surface area contributed by atoms with Gasteiger partial charge in [0.2, 0.25) is 0 Å². The minimum absolute atomic E-state index is 0.146. The number of H-pyrrole nitrogens is 1. The molecule has 3 heterocycles. The fourth-order valence-corrected chi connectivity index (χ4v) is 7.78. The van der Waals surface area contributed by atoms with E-state index in [9.17, 15) is 27.6 Å². The number of carbonyl (C=O) groups excluding carboxylic acids is 3. The number of aromatic nitrogens is 1. The van der Waals surface area contributed by atoms with Gasteiger partial charge in [-0.25, -0.2) is 9.59 Å². The van der Waals surface area contributed by atoms with Crippen molar-refractivity contribution >= 4 is 57.3 Å². The summed E-state index contributed by atoms with van der Waals surface area (Å²) in [5.74, 6) is -1.93. The second kappa shape index (κ2) is 19.7. The van der Waals surface area contributed by atoms with Crippen molar-refractivity contribution in [1.29, 1.82) is 0 Å². The third-order valence-electron chi connectivity index (χ3n) is 9.96. The van der Waals surface area contributed by atoms with E-state index >= 15 is 0 Å². The van der Waals surface area contributed by atoms with Crippen molar-refractivity contribution in [2.75, 3.05) is 24.5 Å². The van der Waals surface area contributed by atoms with Gasteiger partial charge < -0.3 is 24.3 Å². The Labute approximate surface area is 343 Å². The maximum atomic E-state index is 13.2. The van der Waals surface area contributed by atoms with Crippen LogP contribution in [0.3, 0.4) is 0 Å². The van der Waals surface area contributed by atoms with Gasteiger partial charge in [0.15, 0.2) is 0 Å². The van der Waals surface area contributed by atoms with Crippen LogP contribution >= 0.6 is 22.6 Å². The quantitative estimate of drug-likeness (QED) is 0.111. The highest BCUT2D eigenvalue weighted by Crippen LogP contribution is 2.29. The molecule has 4 aromatic carbocycles. The zero-order valence-electron chi connectivity index (χ0n) is 31.2. The number of para-hydroxylation sites is 2. The standard InChI is InChI=1S/C23H22F3IN2O3.C21H22N2O2/c24-23(25,26)21(30)29(20-13-5-4-12-19(20)27)15-7-11-18-10-6-14-28(18)22(31)32-16-17-8-2-1-3-9-17;24-21(25-15-16-7-2-1-3-8-16)23-12-6-9-18(23)13-17-14-22-20-11-5-4-10-19(17)20/h1-5,7-9,11-13,18H,6,10,14-16H2;1-5,7-8,10-11,14,18,22H,6,9,12-13,15H2/t2*18-/m11/s1. The van der Waals surface area contributed by atoms with E-state index in [2.05, 4.69) is 29.4 Å². The van der Waals surface area contributed by atoms with E-state index in [4.69, 9.17) is 9.47 Å². The molecule has 0 aliphatic carbocycles. The monoisotopic (exact) mass is 892 g/mol. The van der Waals surface area contributed by atoms with Gasteiger partial charge in [-0.15, -0.1) is 0 Å². The van der Waals surface area contributed by atoms with Crippen LogP contribution in [0.4, 0.5) is 28.4 Å². The zero-order chi connectivity index (χ0) is 40.2. The van der Waals surface area contributed by atoms with Crippen LogP contribution in [-0.4, -0.2) is 70.8 Å². The van der Waals surface area contributed by atoms with Gasteiger partial charge in [-0.3, -0.25) is 9.69 Å². The smallest absolute Gasteiger partial charge is 0.445 e. The maximum Gasteiger partial charge on any atom is 0.471 e. The number of benzene rings is 4. The van der Waals surface area contributed by atoms with Crippen molar-refractivity contribution < 1.29 is 37.0 Å². The molecule has 7 rings (SSSR count). The summed E-state index contributed by atoms with van der Waals surface area (Å²) < 4.78 is 50.9. The third-order valence-corrected chi connectivity index (χ3v) is 10.9. The highest BCUT2D eigenvalue weighted by molar-refractivity contribution is 14.1. The largest absolute Gasteiger partial charge is 0.471 e. The van der Waals surface area contributed by atoms with E-state index < -0.39 is 18.2 Å². The molecule has 9 nitrogen and oxygen atoms in total. The first-order valence-electron chi connectivity index (χ1n) is 18.9. The van der Waals surface area contributed by atoms with Crippen molar-refractivity contribution in [2.45, 2.75) is 63.6 Å². The van der Waals surface area contributed by atoms with Crippen LogP contribution in [-0.2, 0) is 33.9 Å². The van der Waals surface area contributed by atoms with Crippen LogP contribution in [0, 0.1) is 3.57 Å². The van der Waals surface area contributed by atoms with Gasteiger partial charge in [0.25, 0.3) is 0 Å². The Kier molecular flexibility index (Phi) is 14.3. The molecule has 2 aliphatic rings. The Morgan fingerprint density at radius 3 is 2.02 bits per heavy atom. The zero-order valence-corrected chi connectivity index (χ0v) is 33.4. The van der Waals surface area contributed by atoms with Crippen LogP contribution in [0.15, 0.2) is 128 Å². The molecule has 3 amide bonds. The van der Waals surface area contributed by atoms with E-state index in [1.165, 1.54) is 23.1 Å². The molecular formula is C44H44F3IN4O5. The molecule has 0 saturated carbocycles. The van der Waals surface area contributed by atoms with Crippen molar-refractivity contribution in [1.82, 2.24) is 14.8 Å². The summed E-state index contributed by atoms with van der Waals surface area (Å²) in [5.41, 5.74) is 4.48. The van der Waals surface area contributed by atoms with Crippen molar-refractivity contribution in [3.05, 3.63) is 148 Å². The van der Waals surface area contributed by atoms with E-state index in [-0.39, 0.29) is 37.0 Å². The van der Waals surface area contributed by atoms with E-state index in [0.717, 1.165) is 48.9 Å². The van der Waals surface area contributed by atoms with Gasteiger partial charge in [-0.2, -0.15) is 13.2 Å². The normalized spacial score (nSPS) is 16.7. The van der Waals surface area contributed by atoms with E-state index in [0.29, 0.717) is 28.0 Å². The number of nitrogens with zero attached hydrogens (tertiary/aromatic N) is 3. The second-order valence-electron chi connectivity index (χ2n) is 13.8. The molecule has 298 valence electrons. The van der Waals surface area contributed by atoms with Gasteiger partial charge in [0.05, 0.1) is 11.7 Å². The lowest BCUT2D eigenvalue weighted by Gasteiger charge is -2.24. The molecule has 13 heteroatoms. The first-order chi connectivity index (χ1) is 27.6. The number of fused-ring (bicyclic) bond motifs is 1. The highest BCUT2D eigenvalue weighted by atomic mass is 127. The third kappa shape index (κ3) is 11.2. The molecule has 0 spiro atoms. The minimum Gasteiger partial charge on any atom is -0.445 e. The number of alkyl halides is 3. The maximum absolute atomic E-state index is 13.2. The SMILES string of the molecule is O=C(OCc1ccccc1)N1CCC[C@@H]1C=CCN(C(=O)C(F)(F)F)c1ccccc1I.O=C(OCc1ccccc1)N1CCC[C@@H]1Cc1c[nH]c2ccccc12. The Morgan fingerprint density at radius 1 is 0.772 bits per heavy atom. The average Bonchev–Trinajstić information content (AvgIpc) is 4.00. The first kappa shape index (κ1) is 41.3. The van der Waals surface area contributed by atoms with Crippen LogP contribution in [0.1, 0.15) is 42.4 Å². The van der Waals surface area contributed by atoms with Gasteiger partial charge >= 0.3 is 24.3 Å². The molecule has 2 fully saturated rings. The summed E-state index contributed by atoms with van der Waals surface area (Å²) >= 11 is 1.90. The predicted molar refractivity (Wildman–Crippen MR) is 221 cm³/mol. The lowest BCUT2D eigenvalue weighted by Crippen LogP contribution is -2.42. The molecule has 1 N–H and O–H groups in total. The van der Waals surface area contributed by atoms with Gasteiger partial charge in [-0.05, 0) is 89.6 Å². The fourth-order valence-electron chi connectivity index (χ4n) is 7.10. The van der Waals surface area contributed by atoms with Gasteiger partial charge in [0.1, 0.15) is 13.2 Å². The van der Waals surface area contributed by atoms with Crippen molar-refractivity contribution in [2.24, 2.45) is 0 Å². The number of aromatic amines is 1. The fraction of sp³-hybridized carbons (Fsp3) is 0.295. The van der Waals surface area contributed by atoms with Crippen LogP contribution in [0.5, 0.6) is 0 Å². The Balaban J connectivity index is 0.000000198. The second-order valence-corrected chi connectivity index (χ2v) is 15.0. The number of hydrogen-bond donors (Lipinski definition) is 1. The number of hydrogen-bond acceptors (Lipinski definition) is 5. The number of amides is 3. The Bertz CT molecular complexity index is 2130. The lowest BCUT2D eigenvalue weighted by atomic mass is 10.0. The molecular weight excluding hydrogens is 848 g/mol. The summed E-state index contributed by atoms with van der Waals surface area (Å²) in [6.07, 6.45) is 3.93. The molecule has 2 atom stereocenters. The Hall–Kier alpha value is -5.31. The molecule has 0 radical (unpaired) electrons. The highest BCUT2D eigenvalue weighted by Gasteiger charge is 2.43. The summed E-state index contributed by atoms with van der Waals surface area (Å²) in [6.45, 7) is 1.50. The van der Waals surface area contributed by atoms with Crippen molar-refractivity contribution in [3.8, 4) is 0 Å². The summed E-state index contributed by atoms with van der Waals surface area (Å²) in [4.78, 5) is 44.5. The molecule has 0 unspecified atom stereocenters. The number of ether oxygens (including phenoxy) is 2. The number of anilines is 1. The van der Waals surface area contributed by atoms with E-state index in [1.807, 2.05) is 94.2 Å². The molecule has 1 aromatic heterocycles. The van der Waals surface area contributed by atoms with Crippen molar-refractivity contribution in [3.63, 3.8) is 0 Å².